The van der Waals surface area contributed by atoms with Crippen LogP contribution in [0.2, 0.25) is 18.6 Å². The summed E-state index contributed by atoms with van der Waals surface area (Å²) in [7, 11) is -3.59. The van der Waals surface area contributed by atoms with Crippen LogP contribution in [-0.2, 0) is 33.0 Å². The number of carbonyl (C=O) groups is 3. The van der Waals surface area contributed by atoms with Gasteiger partial charge in [-0.1, -0.05) is 91.9 Å². The van der Waals surface area contributed by atoms with Crippen molar-refractivity contribution >= 4 is 54.0 Å². The van der Waals surface area contributed by atoms with Crippen LogP contribution in [0, 0.1) is 5.92 Å². The number of anilines is 3. The van der Waals surface area contributed by atoms with E-state index in [-0.39, 0.29) is 50.4 Å². The van der Waals surface area contributed by atoms with Crippen molar-refractivity contribution in [2.45, 2.75) is 56.8 Å². The predicted octanol–water partition coefficient (Wildman–Crippen LogP) is 7.86. The second-order valence-electron chi connectivity index (χ2n) is 14.9. The second kappa shape index (κ2) is 13.4. The fourth-order valence-corrected chi connectivity index (χ4v) is 11.5. The van der Waals surface area contributed by atoms with Gasteiger partial charge in [0.05, 0.1) is 42.6 Å². The Balaban J connectivity index is 1.22. The number of ether oxygens (including phenoxy) is 1. The van der Waals surface area contributed by atoms with E-state index in [0.29, 0.717) is 22.5 Å². The molecule has 1 saturated heterocycles. The third-order valence-electron chi connectivity index (χ3n) is 11.3. The van der Waals surface area contributed by atoms with Crippen LogP contribution < -0.4 is 9.80 Å². The highest BCUT2D eigenvalue weighted by Crippen LogP contribution is 2.61. The standard InChI is InChI=1S/C43H42FN3O5Si/c1-28-40(53(2,3)44)37(25-38(49)45(22-23-48)26-29-12-6-4-7-13-29)52-43(28)34-24-32(20-21-35(34)46(42(43)51)27-30-14-8-5-9-15-30)47-36-19-11-17-31-16-10-18-33(39(31)36)41(47)50/h4-21,24,28,37,40,48H,22-23,25-27H2,1-3H3/t28-,37+,40-,43+/m1/s1. The number of aliphatic hydroxyl groups excluding tert-OH is 1. The molecule has 4 atom stereocenters. The zero-order chi connectivity index (χ0) is 37.1. The molecule has 3 aliphatic rings. The molecule has 0 aromatic heterocycles. The summed E-state index contributed by atoms with van der Waals surface area (Å²) in [6.45, 7) is 5.53. The van der Waals surface area contributed by atoms with Crippen LogP contribution in [-0.4, -0.2) is 55.4 Å². The molecule has 270 valence electrons. The second-order valence-corrected chi connectivity index (χ2v) is 18.7. The lowest BCUT2D eigenvalue weighted by Gasteiger charge is -2.31. The largest absolute Gasteiger partial charge is 0.395 e. The first-order valence-corrected chi connectivity index (χ1v) is 21.1. The van der Waals surface area contributed by atoms with Gasteiger partial charge in [0.2, 0.25) is 14.3 Å². The molecular formula is C43H42FN3O5Si. The van der Waals surface area contributed by atoms with Crippen LogP contribution in [0.25, 0.3) is 10.8 Å². The Hall–Kier alpha value is -5.16. The molecular weight excluding hydrogens is 686 g/mol. The van der Waals surface area contributed by atoms with Crippen molar-refractivity contribution in [1.29, 1.82) is 0 Å². The van der Waals surface area contributed by atoms with E-state index in [9.17, 15) is 14.7 Å². The van der Waals surface area contributed by atoms with Crippen LogP contribution in [0.4, 0.5) is 21.2 Å². The van der Waals surface area contributed by atoms with Crippen LogP contribution in [0.15, 0.2) is 115 Å². The van der Waals surface area contributed by atoms with Crippen molar-refractivity contribution in [3.8, 4) is 0 Å². The summed E-state index contributed by atoms with van der Waals surface area (Å²) >= 11 is 0. The third-order valence-corrected chi connectivity index (χ3v) is 13.7. The number of aliphatic hydroxyl groups is 1. The molecule has 10 heteroatoms. The molecule has 0 aliphatic carbocycles. The molecule has 1 fully saturated rings. The summed E-state index contributed by atoms with van der Waals surface area (Å²) in [4.78, 5) is 48.1. The molecule has 0 radical (unpaired) electrons. The number of carbonyl (C=O) groups excluding carboxylic acids is 3. The van der Waals surface area contributed by atoms with Gasteiger partial charge in [0.1, 0.15) is 0 Å². The molecule has 3 heterocycles. The Morgan fingerprint density at radius 1 is 0.887 bits per heavy atom. The summed E-state index contributed by atoms with van der Waals surface area (Å²) in [5.74, 6) is -1.40. The maximum absolute atomic E-state index is 16.7. The van der Waals surface area contributed by atoms with Gasteiger partial charge >= 0.3 is 0 Å². The van der Waals surface area contributed by atoms with E-state index in [1.165, 1.54) is 0 Å². The molecule has 8 rings (SSSR count). The van der Waals surface area contributed by atoms with Gasteiger partial charge in [-0.3, -0.25) is 19.3 Å². The molecule has 3 amide bonds. The summed E-state index contributed by atoms with van der Waals surface area (Å²) in [6, 6.07) is 36.3. The molecule has 3 aliphatic heterocycles. The minimum atomic E-state index is -3.59. The summed E-state index contributed by atoms with van der Waals surface area (Å²) < 4.78 is 23.7. The highest BCUT2D eigenvalue weighted by molar-refractivity contribution is 6.72. The quantitative estimate of drug-likeness (QED) is 0.117. The highest BCUT2D eigenvalue weighted by Gasteiger charge is 2.67. The zero-order valence-electron chi connectivity index (χ0n) is 30.0. The van der Waals surface area contributed by atoms with E-state index >= 15 is 8.90 Å². The van der Waals surface area contributed by atoms with E-state index in [1.54, 1.807) is 27.8 Å². The number of hydrogen-bond acceptors (Lipinski definition) is 5. The van der Waals surface area contributed by atoms with E-state index in [0.717, 1.165) is 27.6 Å². The van der Waals surface area contributed by atoms with Crippen molar-refractivity contribution in [3.63, 3.8) is 0 Å². The van der Waals surface area contributed by atoms with Crippen LogP contribution >= 0.6 is 0 Å². The first-order chi connectivity index (χ1) is 25.5. The maximum Gasteiger partial charge on any atom is 0.264 e. The number of hydrogen-bond donors (Lipinski definition) is 1. The van der Waals surface area contributed by atoms with Crippen molar-refractivity contribution in [3.05, 3.63) is 138 Å². The molecule has 1 spiro atoms. The van der Waals surface area contributed by atoms with Gasteiger partial charge in [-0.25, -0.2) is 0 Å². The Labute approximate surface area is 309 Å². The van der Waals surface area contributed by atoms with Gasteiger partial charge in [0, 0.05) is 41.2 Å². The number of nitrogens with zero attached hydrogens (tertiary/aromatic N) is 3. The van der Waals surface area contributed by atoms with E-state index < -0.39 is 31.6 Å². The molecule has 0 saturated carbocycles. The number of benzene rings is 5. The van der Waals surface area contributed by atoms with Gasteiger partial charge in [0.15, 0.2) is 5.60 Å². The molecule has 53 heavy (non-hydrogen) atoms. The Kier molecular flexibility index (Phi) is 8.79. The zero-order valence-corrected chi connectivity index (χ0v) is 31.0. The number of halogens is 1. The first kappa shape index (κ1) is 34.9. The Bertz CT molecular complexity index is 2220. The number of rotatable bonds is 10. The van der Waals surface area contributed by atoms with Crippen LogP contribution in [0.3, 0.4) is 0 Å². The first-order valence-electron chi connectivity index (χ1n) is 18.2. The lowest BCUT2D eigenvalue weighted by atomic mass is 9.82. The van der Waals surface area contributed by atoms with Crippen molar-refractivity contribution in [1.82, 2.24) is 4.90 Å². The van der Waals surface area contributed by atoms with Gasteiger partial charge in [-0.15, -0.1) is 0 Å². The molecule has 8 nitrogen and oxygen atoms in total. The van der Waals surface area contributed by atoms with Gasteiger partial charge in [-0.05, 0) is 59.9 Å². The monoisotopic (exact) mass is 727 g/mol. The molecule has 1 N–H and O–H groups in total. The lowest BCUT2D eigenvalue weighted by Crippen LogP contribution is -2.45. The molecule has 5 aromatic rings. The SMILES string of the molecule is C[C@@H]1[C@@H]([Si](C)(C)F)[C@H](CC(=O)N(CCO)Cc2ccccc2)O[C@@]12C(=O)N(Cc1ccccc1)c1ccc(N3C(=O)c4cccc5cccc3c45)cc12. The molecule has 0 bridgehead atoms. The fourth-order valence-electron chi connectivity index (χ4n) is 8.99. The van der Waals surface area contributed by atoms with Crippen molar-refractivity contribution in [2.75, 3.05) is 23.0 Å². The van der Waals surface area contributed by atoms with Crippen molar-refractivity contribution in [2.24, 2.45) is 5.92 Å². The number of amides is 3. The summed E-state index contributed by atoms with van der Waals surface area (Å²) in [5, 5.41) is 11.7. The Morgan fingerprint density at radius 2 is 1.57 bits per heavy atom. The lowest BCUT2D eigenvalue weighted by molar-refractivity contribution is -0.150. The highest BCUT2D eigenvalue weighted by atomic mass is 28.4. The maximum atomic E-state index is 16.7. The van der Waals surface area contributed by atoms with E-state index in [2.05, 4.69) is 0 Å². The fraction of sp³-hybridized carbons (Fsp3) is 0.279. The average molecular weight is 728 g/mol. The minimum absolute atomic E-state index is 0.108. The van der Waals surface area contributed by atoms with Gasteiger partial charge in [-0.2, -0.15) is 0 Å². The van der Waals surface area contributed by atoms with Gasteiger partial charge in [0.25, 0.3) is 11.8 Å². The number of fused-ring (bicyclic) bond motifs is 2. The third kappa shape index (κ3) is 5.76. The van der Waals surface area contributed by atoms with Crippen molar-refractivity contribution < 1.29 is 28.3 Å². The van der Waals surface area contributed by atoms with Crippen LogP contribution in [0.5, 0.6) is 0 Å². The van der Waals surface area contributed by atoms with Crippen LogP contribution in [0.1, 0.15) is 40.4 Å². The normalized spacial score (nSPS) is 21.9. The summed E-state index contributed by atoms with van der Waals surface area (Å²) in [5.41, 5.74) is 2.64. The predicted molar refractivity (Wildman–Crippen MR) is 206 cm³/mol. The van der Waals surface area contributed by atoms with E-state index in [4.69, 9.17) is 4.74 Å². The minimum Gasteiger partial charge on any atom is -0.395 e. The Morgan fingerprint density at radius 3 is 2.25 bits per heavy atom. The molecule has 5 aromatic carbocycles. The smallest absolute Gasteiger partial charge is 0.264 e. The molecule has 0 unspecified atom stereocenters. The van der Waals surface area contributed by atoms with Gasteiger partial charge < -0.3 is 23.8 Å². The van der Waals surface area contributed by atoms with E-state index in [1.807, 2.05) is 122 Å². The average Bonchev–Trinajstić information content (AvgIpc) is 3.70. The topological polar surface area (TPSA) is 90.4 Å². The summed E-state index contributed by atoms with van der Waals surface area (Å²) in [6.07, 6.45) is -1.04.